The van der Waals surface area contributed by atoms with Gasteiger partial charge in [-0.05, 0) is 31.0 Å². The molecule has 1 aromatic rings. The van der Waals surface area contributed by atoms with E-state index in [1.54, 1.807) is 0 Å². The summed E-state index contributed by atoms with van der Waals surface area (Å²) in [7, 11) is -3.98. The van der Waals surface area contributed by atoms with E-state index in [2.05, 4.69) is 9.46 Å². The van der Waals surface area contributed by atoms with Crippen LogP contribution in [-0.4, -0.2) is 27.1 Å². The van der Waals surface area contributed by atoms with Gasteiger partial charge in [0, 0.05) is 12.1 Å². The first kappa shape index (κ1) is 21.0. The number of sulfonamides is 1. The number of alkyl halides is 2. The van der Waals surface area contributed by atoms with Gasteiger partial charge in [0.1, 0.15) is 0 Å². The van der Waals surface area contributed by atoms with Gasteiger partial charge >= 0.3 is 6.61 Å². The normalized spacial score (nSPS) is 17.4. The van der Waals surface area contributed by atoms with E-state index in [1.807, 2.05) is 0 Å². The predicted octanol–water partition coefficient (Wildman–Crippen LogP) is 2.79. The van der Waals surface area contributed by atoms with Crippen LogP contribution in [0.3, 0.4) is 0 Å². The van der Waals surface area contributed by atoms with Crippen molar-refractivity contribution >= 4 is 22.4 Å². The molecule has 10 heteroatoms. The summed E-state index contributed by atoms with van der Waals surface area (Å²) in [6.07, 6.45) is 4.37. The van der Waals surface area contributed by atoms with E-state index in [4.69, 9.17) is 5.73 Å². The second-order valence-electron chi connectivity index (χ2n) is 5.72. The van der Waals surface area contributed by atoms with Crippen molar-refractivity contribution in [1.82, 2.24) is 4.72 Å². The second kappa shape index (κ2) is 8.37. The largest absolute Gasteiger partial charge is 0.432 e. The highest BCUT2D eigenvalue weighted by Gasteiger charge is 2.29. The lowest BCUT2D eigenvalue weighted by molar-refractivity contribution is -0.0522. The van der Waals surface area contributed by atoms with Crippen molar-refractivity contribution in [1.29, 1.82) is 0 Å². The molecule has 1 aliphatic carbocycles. The molecule has 0 radical (unpaired) electrons. The van der Waals surface area contributed by atoms with Crippen molar-refractivity contribution in [3.8, 4) is 5.75 Å². The van der Waals surface area contributed by atoms with Crippen LogP contribution in [0.4, 0.5) is 13.2 Å². The van der Waals surface area contributed by atoms with Gasteiger partial charge in [0.25, 0.3) is 0 Å². The molecule has 0 amide bonds. The maximum Gasteiger partial charge on any atom is 0.387 e. The summed E-state index contributed by atoms with van der Waals surface area (Å²) in [5.41, 5.74) is 5.54. The first-order valence-corrected chi connectivity index (χ1v) is 8.73. The van der Waals surface area contributed by atoms with Gasteiger partial charge in [-0.25, -0.2) is 17.5 Å². The van der Waals surface area contributed by atoms with Crippen LogP contribution in [0, 0.1) is 5.82 Å². The van der Waals surface area contributed by atoms with E-state index in [0.29, 0.717) is 18.9 Å². The first-order valence-electron chi connectivity index (χ1n) is 7.25. The molecular weight excluding hydrogens is 369 g/mol. The van der Waals surface area contributed by atoms with Gasteiger partial charge in [-0.15, -0.1) is 12.4 Å². The number of nitrogens with one attached hydrogen (secondary N) is 1. The summed E-state index contributed by atoms with van der Waals surface area (Å²) in [4.78, 5) is -0.365. The Labute approximate surface area is 145 Å². The topological polar surface area (TPSA) is 81.4 Å². The van der Waals surface area contributed by atoms with Crippen molar-refractivity contribution < 1.29 is 26.3 Å². The van der Waals surface area contributed by atoms with Gasteiger partial charge < -0.3 is 10.5 Å². The molecule has 0 spiro atoms. The zero-order valence-corrected chi connectivity index (χ0v) is 14.4. The lowest BCUT2D eigenvalue weighted by Gasteiger charge is -2.33. The van der Waals surface area contributed by atoms with Crippen LogP contribution in [0.5, 0.6) is 5.75 Å². The van der Waals surface area contributed by atoms with Gasteiger partial charge in [-0.2, -0.15) is 8.78 Å². The highest BCUT2D eigenvalue weighted by molar-refractivity contribution is 7.89. The third-order valence-electron chi connectivity index (χ3n) is 3.89. The van der Waals surface area contributed by atoms with Gasteiger partial charge in [0.15, 0.2) is 11.6 Å². The standard InChI is InChI=1S/C14H19F3N2O3S.ClH/c15-11-8-10(4-5-12(11)22-13(16)17)23(20,21)19-9-14(18)6-2-1-3-7-14;/h4-5,8,13,19H,1-3,6-7,9,18H2;1H. The maximum absolute atomic E-state index is 13.6. The zero-order valence-electron chi connectivity index (χ0n) is 12.8. The van der Waals surface area contributed by atoms with E-state index in [-0.39, 0.29) is 23.8 Å². The SMILES string of the molecule is Cl.NC1(CNS(=O)(=O)c2ccc(OC(F)F)c(F)c2)CCCCC1. The lowest BCUT2D eigenvalue weighted by Crippen LogP contribution is -2.51. The molecule has 24 heavy (non-hydrogen) atoms. The minimum atomic E-state index is -3.98. The van der Waals surface area contributed by atoms with Crippen LogP contribution in [0.1, 0.15) is 32.1 Å². The van der Waals surface area contributed by atoms with Crippen LogP contribution in [0.15, 0.2) is 23.1 Å². The molecule has 1 aromatic carbocycles. The number of benzene rings is 1. The Balaban J connectivity index is 0.00000288. The Morgan fingerprint density at radius 1 is 1.25 bits per heavy atom. The van der Waals surface area contributed by atoms with Crippen molar-refractivity contribution in [3.63, 3.8) is 0 Å². The fourth-order valence-electron chi connectivity index (χ4n) is 2.60. The van der Waals surface area contributed by atoms with Gasteiger partial charge in [-0.1, -0.05) is 19.3 Å². The Morgan fingerprint density at radius 2 is 1.88 bits per heavy atom. The summed E-state index contributed by atoms with van der Waals surface area (Å²) in [6.45, 7) is -3.14. The highest BCUT2D eigenvalue weighted by Crippen LogP contribution is 2.26. The fraction of sp³-hybridized carbons (Fsp3) is 0.571. The predicted molar refractivity (Wildman–Crippen MR) is 85.5 cm³/mol. The summed E-state index contributed by atoms with van der Waals surface area (Å²) < 4.78 is 68.4. The summed E-state index contributed by atoms with van der Waals surface area (Å²) >= 11 is 0. The minimum Gasteiger partial charge on any atom is -0.432 e. The molecule has 5 nitrogen and oxygen atoms in total. The van der Waals surface area contributed by atoms with Crippen LogP contribution in [0.25, 0.3) is 0 Å². The summed E-state index contributed by atoms with van der Waals surface area (Å²) in [5.74, 6) is -1.88. The molecule has 0 heterocycles. The molecule has 1 aliphatic rings. The quantitative estimate of drug-likeness (QED) is 0.785. The van der Waals surface area contributed by atoms with Crippen LogP contribution in [-0.2, 0) is 10.0 Å². The molecule has 0 aromatic heterocycles. The molecule has 138 valence electrons. The minimum absolute atomic E-state index is 0. The molecule has 0 unspecified atom stereocenters. The van der Waals surface area contributed by atoms with E-state index >= 15 is 0 Å². The monoisotopic (exact) mass is 388 g/mol. The van der Waals surface area contributed by atoms with Gasteiger partial charge in [0.2, 0.25) is 10.0 Å². The number of halogens is 4. The molecule has 0 atom stereocenters. The number of nitrogens with two attached hydrogens (primary N) is 1. The second-order valence-corrected chi connectivity index (χ2v) is 7.49. The van der Waals surface area contributed by atoms with E-state index in [0.717, 1.165) is 31.4 Å². The Morgan fingerprint density at radius 3 is 2.42 bits per heavy atom. The maximum atomic E-state index is 13.6. The number of hydrogen-bond donors (Lipinski definition) is 2. The molecular formula is C14H20ClF3N2O3S. The smallest absolute Gasteiger partial charge is 0.387 e. The molecule has 2 rings (SSSR count). The number of ether oxygens (including phenoxy) is 1. The van der Waals surface area contributed by atoms with Crippen molar-refractivity contribution in [2.45, 2.75) is 49.2 Å². The highest BCUT2D eigenvalue weighted by atomic mass is 35.5. The lowest BCUT2D eigenvalue weighted by atomic mass is 9.83. The Kier molecular flexibility index (Phi) is 7.33. The number of rotatable bonds is 6. The van der Waals surface area contributed by atoms with E-state index in [1.165, 1.54) is 0 Å². The van der Waals surface area contributed by atoms with Crippen LogP contribution in [0.2, 0.25) is 0 Å². The molecule has 0 aliphatic heterocycles. The van der Waals surface area contributed by atoms with Crippen LogP contribution >= 0.6 is 12.4 Å². The molecule has 1 saturated carbocycles. The third-order valence-corrected chi connectivity index (χ3v) is 5.29. The van der Waals surface area contributed by atoms with Crippen LogP contribution < -0.4 is 15.2 Å². The molecule has 1 fully saturated rings. The Bertz CT molecular complexity index is 653. The van der Waals surface area contributed by atoms with Gasteiger partial charge in [-0.3, -0.25) is 0 Å². The average molecular weight is 389 g/mol. The number of hydrogen-bond acceptors (Lipinski definition) is 4. The summed E-state index contributed by atoms with van der Waals surface area (Å²) in [6, 6.07) is 2.51. The fourth-order valence-corrected chi connectivity index (χ4v) is 3.74. The molecule has 0 saturated heterocycles. The van der Waals surface area contributed by atoms with E-state index < -0.39 is 33.7 Å². The van der Waals surface area contributed by atoms with Crippen molar-refractivity contribution in [2.24, 2.45) is 5.73 Å². The van der Waals surface area contributed by atoms with Gasteiger partial charge in [0.05, 0.1) is 4.90 Å². The molecule has 0 bridgehead atoms. The molecule has 3 N–H and O–H groups in total. The van der Waals surface area contributed by atoms with E-state index in [9.17, 15) is 21.6 Å². The van der Waals surface area contributed by atoms with Crippen molar-refractivity contribution in [3.05, 3.63) is 24.0 Å². The van der Waals surface area contributed by atoms with Crippen molar-refractivity contribution in [2.75, 3.05) is 6.54 Å². The summed E-state index contributed by atoms with van der Waals surface area (Å²) in [5, 5.41) is 0. The average Bonchev–Trinajstić information content (AvgIpc) is 2.48. The third kappa shape index (κ3) is 5.51. The first-order chi connectivity index (χ1) is 10.7. The Hall–Kier alpha value is -1.03. The zero-order chi connectivity index (χ0) is 17.1.